The normalized spacial score (nSPS) is 12.7. The summed E-state index contributed by atoms with van der Waals surface area (Å²) in [5.41, 5.74) is 0.960. The van der Waals surface area contributed by atoms with Crippen molar-refractivity contribution in [3.8, 4) is 0 Å². The smallest absolute Gasteiger partial charge is 0.124 e. The zero-order chi connectivity index (χ0) is 13.4. The average molecular weight is 290 g/mol. The standard InChI is InChI=1S/C14H21ClFNS/c1-11(17-8-4-3-5-9-18-2)13-7-6-12(16)10-14(13)15/h6-7,10-11,17H,3-5,8-9H2,1-2H3. The Hall–Kier alpha value is -0.250. The molecule has 0 saturated carbocycles. The number of unbranched alkanes of at least 4 members (excludes halogenated alkanes) is 2. The second kappa shape index (κ2) is 8.78. The summed E-state index contributed by atoms with van der Waals surface area (Å²) in [7, 11) is 0. The number of halogens is 2. The second-order valence-corrected chi connectivity index (χ2v) is 5.79. The lowest BCUT2D eigenvalue weighted by Crippen LogP contribution is -2.20. The molecule has 0 spiro atoms. The van der Waals surface area contributed by atoms with Crippen molar-refractivity contribution in [2.24, 2.45) is 0 Å². The van der Waals surface area contributed by atoms with E-state index in [0.717, 1.165) is 12.1 Å². The molecule has 0 aliphatic rings. The van der Waals surface area contributed by atoms with Crippen LogP contribution < -0.4 is 5.32 Å². The summed E-state index contributed by atoms with van der Waals surface area (Å²) in [4.78, 5) is 0. The number of rotatable bonds is 8. The molecule has 0 saturated heterocycles. The van der Waals surface area contributed by atoms with Gasteiger partial charge in [0.05, 0.1) is 0 Å². The monoisotopic (exact) mass is 289 g/mol. The zero-order valence-corrected chi connectivity index (χ0v) is 12.6. The summed E-state index contributed by atoms with van der Waals surface area (Å²) in [6, 6.07) is 4.74. The minimum absolute atomic E-state index is 0.165. The van der Waals surface area contributed by atoms with Crippen molar-refractivity contribution >= 4 is 23.4 Å². The molecule has 1 unspecified atom stereocenters. The van der Waals surface area contributed by atoms with Gasteiger partial charge in [0.2, 0.25) is 0 Å². The van der Waals surface area contributed by atoms with E-state index in [4.69, 9.17) is 11.6 Å². The molecule has 18 heavy (non-hydrogen) atoms. The van der Waals surface area contributed by atoms with Crippen LogP contribution in [0.5, 0.6) is 0 Å². The van der Waals surface area contributed by atoms with Gasteiger partial charge in [-0.05, 0) is 56.0 Å². The van der Waals surface area contributed by atoms with E-state index in [2.05, 4.69) is 18.5 Å². The second-order valence-electron chi connectivity index (χ2n) is 4.40. The van der Waals surface area contributed by atoms with Gasteiger partial charge in [0, 0.05) is 11.1 Å². The molecule has 0 fully saturated rings. The number of thioether (sulfide) groups is 1. The Labute approximate surface area is 118 Å². The average Bonchev–Trinajstić information content (AvgIpc) is 2.33. The van der Waals surface area contributed by atoms with Crippen LogP contribution in [-0.4, -0.2) is 18.6 Å². The van der Waals surface area contributed by atoms with Gasteiger partial charge in [-0.25, -0.2) is 4.39 Å². The Balaban J connectivity index is 2.29. The SMILES string of the molecule is CSCCCCCNC(C)c1ccc(F)cc1Cl. The first-order chi connectivity index (χ1) is 8.65. The Morgan fingerprint density at radius 1 is 1.33 bits per heavy atom. The molecule has 1 N–H and O–H groups in total. The van der Waals surface area contributed by atoms with E-state index in [9.17, 15) is 4.39 Å². The van der Waals surface area contributed by atoms with Crippen LogP contribution in [0.25, 0.3) is 0 Å². The molecule has 1 rings (SSSR count). The third-order valence-corrected chi connectivity index (χ3v) is 3.93. The van der Waals surface area contributed by atoms with Gasteiger partial charge >= 0.3 is 0 Å². The predicted molar refractivity (Wildman–Crippen MR) is 80.1 cm³/mol. The zero-order valence-electron chi connectivity index (χ0n) is 11.0. The molecule has 1 aromatic rings. The van der Waals surface area contributed by atoms with E-state index in [1.807, 2.05) is 11.8 Å². The number of nitrogens with one attached hydrogen (secondary N) is 1. The molecule has 1 aromatic carbocycles. The van der Waals surface area contributed by atoms with Crippen LogP contribution in [0, 0.1) is 5.82 Å². The first kappa shape index (κ1) is 15.8. The highest BCUT2D eigenvalue weighted by molar-refractivity contribution is 7.98. The van der Waals surface area contributed by atoms with Gasteiger partial charge in [0.25, 0.3) is 0 Å². The topological polar surface area (TPSA) is 12.0 Å². The van der Waals surface area contributed by atoms with Crippen LogP contribution in [0.15, 0.2) is 18.2 Å². The van der Waals surface area contributed by atoms with Gasteiger partial charge in [-0.1, -0.05) is 24.1 Å². The lowest BCUT2D eigenvalue weighted by atomic mass is 10.1. The molecule has 102 valence electrons. The van der Waals surface area contributed by atoms with Crippen LogP contribution in [0.3, 0.4) is 0 Å². The van der Waals surface area contributed by atoms with E-state index in [0.29, 0.717) is 5.02 Å². The first-order valence-electron chi connectivity index (χ1n) is 6.32. The Kier molecular flexibility index (Phi) is 7.71. The Bertz CT molecular complexity index is 360. The summed E-state index contributed by atoms with van der Waals surface area (Å²) >= 11 is 7.92. The maximum Gasteiger partial charge on any atom is 0.124 e. The van der Waals surface area contributed by atoms with Crippen LogP contribution in [0.4, 0.5) is 4.39 Å². The lowest BCUT2D eigenvalue weighted by molar-refractivity contribution is 0.543. The molecule has 1 atom stereocenters. The predicted octanol–water partition coefficient (Wildman–Crippen LogP) is 4.66. The third-order valence-electron chi connectivity index (χ3n) is 2.90. The highest BCUT2D eigenvalue weighted by Crippen LogP contribution is 2.23. The Morgan fingerprint density at radius 2 is 2.11 bits per heavy atom. The van der Waals surface area contributed by atoms with Crippen molar-refractivity contribution in [1.29, 1.82) is 0 Å². The number of hydrogen-bond donors (Lipinski definition) is 1. The third kappa shape index (κ3) is 5.59. The van der Waals surface area contributed by atoms with Gasteiger partial charge < -0.3 is 5.32 Å². The number of benzene rings is 1. The molecule has 0 bridgehead atoms. The number of hydrogen-bond acceptors (Lipinski definition) is 2. The van der Waals surface area contributed by atoms with Crippen LogP contribution >= 0.6 is 23.4 Å². The van der Waals surface area contributed by atoms with E-state index < -0.39 is 0 Å². The maximum atomic E-state index is 12.9. The fraction of sp³-hybridized carbons (Fsp3) is 0.571. The highest BCUT2D eigenvalue weighted by Gasteiger charge is 2.09. The first-order valence-corrected chi connectivity index (χ1v) is 8.09. The van der Waals surface area contributed by atoms with Crippen molar-refractivity contribution in [3.63, 3.8) is 0 Å². The largest absolute Gasteiger partial charge is 0.310 e. The maximum absolute atomic E-state index is 12.9. The van der Waals surface area contributed by atoms with Crippen LogP contribution in [0.1, 0.15) is 37.8 Å². The fourth-order valence-electron chi connectivity index (χ4n) is 1.83. The molecule has 0 radical (unpaired) electrons. The summed E-state index contributed by atoms with van der Waals surface area (Å²) in [5.74, 6) is 0.951. The van der Waals surface area contributed by atoms with E-state index in [1.54, 1.807) is 6.07 Å². The molecular formula is C14H21ClFNS. The Morgan fingerprint density at radius 3 is 2.78 bits per heavy atom. The summed E-state index contributed by atoms with van der Waals surface area (Å²) in [6.45, 7) is 3.03. The fourth-order valence-corrected chi connectivity index (χ4v) is 2.65. The van der Waals surface area contributed by atoms with Gasteiger partial charge in [-0.2, -0.15) is 11.8 Å². The van der Waals surface area contributed by atoms with Crippen molar-refractivity contribution in [1.82, 2.24) is 5.32 Å². The van der Waals surface area contributed by atoms with E-state index in [1.165, 1.54) is 37.1 Å². The highest BCUT2D eigenvalue weighted by atomic mass is 35.5. The summed E-state index contributed by atoms with van der Waals surface area (Å²) in [5, 5.41) is 3.92. The van der Waals surface area contributed by atoms with Crippen molar-refractivity contribution in [2.75, 3.05) is 18.6 Å². The molecule has 0 aliphatic heterocycles. The molecule has 0 amide bonds. The molecule has 1 nitrogen and oxygen atoms in total. The lowest BCUT2D eigenvalue weighted by Gasteiger charge is -2.15. The summed E-state index contributed by atoms with van der Waals surface area (Å²) < 4.78 is 12.9. The minimum atomic E-state index is -0.284. The van der Waals surface area contributed by atoms with Crippen molar-refractivity contribution < 1.29 is 4.39 Å². The van der Waals surface area contributed by atoms with E-state index >= 15 is 0 Å². The van der Waals surface area contributed by atoms with Crippen LogP contribution in [0.2, 0.25) is 5.02 Å². The van der Waals surface area contributed by atoms with Gasteiger partial charge in [0.15, 0.2) is 0 Å². The molecule has 4 heteroatoms. The van der Waals surface area contributed by atoms with Gasteiger partial charge in [-0.15, -0.1) is 0 Å². The van der Waals surface area contributed by atoms with E-state index in [-0.39, 0.29) is 11.9 Å². The van der Waals surface area contributed by atoms with Crippen molar-refractivity contribution in [2.45, 2.75) is 32.2 Å². The molecular weight excluding hydrogens is 269 g/mol. The minimum Gasteiger partial charge on any atom is -0.310 e. The van der Waals surface area contributed by atoms with Gasteiger partial charge in [0.1, 0.15) is 5.82 Å². The molecule has 0 aromatic heterocycles. The molecule has 0 aliphatic carbocycles. The van der Waals surface area contributed by atoms with Crippen molar-refractivity contribution in [3.05, 3.63) is 34.6 Å². The summed E-state index contributed by atoms with van der Waals surface area (Å²) in [6.07, 6.45) is 5.83. The molecule has 0 heterocycles. The van der Waals surface area contributed by atoms with Gasteiger partial charge in [-0.3, -0.25) is 0 Å². The van der Waals surface area contributed by atoms with Crippen LogP contribution in [-0.2, 0) is 0 Å². The quantitative estimate of drug-likeness (QED) is 0.698.